The van der Waals surface area contributed by atoms with E-state index in [9.17, 15) is 4.79 Å². The van der Waals surface area contributed by atoms with Crippen molar-refractivity contribution in [3.63, 3.8) is 0 Å². The molecule has 3 atom stereocenters. The summed E-state index contributed by atoms with van der Waals surface area (Å²) in [6.45, 7) is 0. The predicted molar refractivity (Wildman–Crippen MR) is 75.6 cm³/mol. The number of benzene rings is 1. The van der Waals surface area contributed by atoms with E-state index in [4.69, 9.17) is 16.3 Å². The third-order valence-electron chi connectivity index (χ3n) is 4.49. The quantitative estimate of drug-likeness (QED) is 0.916. The summed E-state index contributed by atoms with van der Waals surface area (Å²) in [5, 5.41) is 3.58. The molecule has 2 fully saturated rings. The molecule has 3 nitrogen and oxygen atoms in total. The van der Waals surface area contributed by atoms with E-state index in [0.29, 0.717) is 22.4 Å². The lowest BCUT2D eigenvalue weighted by molar-refractivity contribution is -0.121. The largest absolute Gasteiger partial charge is 0.495 e. The van der Waals surface area contributed by atoms with Crippen LogP contribution in [0.4, 0.5) is 5.69 Å². The van der Waals surface area contributed by atoms with E-state index in [1.165, 1.54) is 19.3 Å². The van der Waals surface area contributed by atoms with Gasteiger partial charge in [-0.1, -0.05) is 18.0 Å². The summed E-state index contributed by atoms with van der Waals surface area (Å²) >= 11 is 5.97. The van der Waals surface area contributed by atoms with Crippen LogP contribution in [0.2, 0.25) is 5.02 Å². The molecule has 0 aliphatic heterocycles. The van der Waals surface area contributed by atoms with Gasteiger partial charge in [-0.2, -0.15) is 0 Å². The molecule has 2 saturated carbocycles. The van der Waals surface area contributed by atoms with E-state index in [-0.39, 0.29) is 11.8 Å². The Hall–Kier alpha value is -1.22. The molecule has 2 aliphatic carbocycles. The van der Waals surface area contributed by atoms with Crippen molar-refractivity contribution in [3.05, 3.63) is 23.2 Å². The number of carbonyl (C=O) groups is 1. The maximum absolute atomic E-state index is 12.4. The van der Waals surface area contributed by atoms with E-state index in [1.54, 1.807) is 25.3 Å². The van der Waals surface area contributed by atoms with E-state index in [0.717, 1.165) is 12.3 Å². The topological polar surface area (TPSA) is 38.3 Å². The Bertz CT molecular complexity index is 503. The molecule has 0 radical (unpaired) electrons. The number of anilines is 1. The van der Waals surface area contributed by atoms with Gasteiger partial charge in [-0.25, -0.2) is 0 Å². The van der Waals surface area contributed by atoms with Crippen molar-refractivity contribution in [2.45, 2.75) is 25.7 Å². The second-order valence-corrected chi connectivity index (χ2v) is 6.05. The number of carbonyl (C=O) groups excluding carboxylic acids is 1. The summed E-state index contributed by atoms with van der Waals surface area (Å²) in [6.07, 6.45) is 4.77. The van der Waals surface area contributed by atoms with Gasteiger partial charge < -0.3 is 10.1 Å². The molecule has 0 heterocycles. The van der Waals surface area contributed by atoms with Gasteiger partial charge in [-0.05, 0) is 49.3 Å². The lowest BCUT2D eigenvalue weighted by Gasteiger charge is -2.21. The molecule has 4 heteroatoms. The first-order valence-corrected chi connectivity index (χ1v) is 7.19. The van der Waals surface area contributed by atoms with Crippen molar-refractivity contribution in [3.8, 4) is 5.75 Å². The lowest BCUT2D eigenvalue weighted by Crippen LogP contribution is -2.27. The Morgan fingerprint density at radius 1 is 1.37 bits per heavy atom. The van der Waals surface area contributed by atoms with Crippen molar-refractivity contribution in [1.29, 1.82) is 0 Å². The van der Waals surface area contributed by atoms with Gasteiger partial charge in [0.15, 0.2) is 0 Å². The van der Waals surface area contributed by atoms with Crippen LogP contribution >= 0.6 is 11.6 Å². The van der Waals surface area contributed by atoms with Crippen LogP contribution in [0.5, 0.6) is 5.75 Å². The van der Waals surface area contributed by atoms with Crippen molar-refractivity contribution in [2.24, 2.45) is 17.8 Å². The van der Waals surface area contributed by atoms with E-state index < -0.39 is 0 Å². The molecule has 102 valence electrons. The highest BCUT2D eigenvalue weighted by molar-refractivity contribution is 6.31. The predicted octanol–water partition coefficient (Wildman–Crippen LogP) is 3.72. The fraction of sp³-hybridized carbons (Fsp3) is 0.533. The highest BCUT2D eigenvalue weighted by Crippen LogP contribution is 2.48. The highest BCUT2D eigenvalue weighted by atomic mass is 35.5. The van der Waals surface area contributed by atoms with Crippen LogP contribution in [-0.2, 0) is 4.79 Å². The number of nitrogens with one attached hydrogen (secondary N) is 1. The summed E-state index contributed by atoms with van der Waals surface area (Å²) in [4.78, 5) is 12.4. The van der Waals surface area contributed by atoms with Crippen LogP contribution in [0.3, 0.4) is 0 Å². The van der Waals surface area contributed by atoms with Crippen molar-refractivity contribution in [2.75, 3.05) is 12.4 Å². The third kappa shape index (κ3) is 2.44. The minimum Gasteiger partial charge on any atom is -0.495 e. The minimum absolute atomic E-state index is 0.118. The van der Waals surface area contributed by atoms with Crippen LogP contribution in [-0.4, -0.2) is 13.0 Å². The van der Waals surface area contributed by atoms with E-state index in [1.807, 2.05) is 0 Å². The number of hydrogen-bond donors (Lipinski definition) is 1. The van der Waals surface area contributed by atoms with Crippen LogP contribution in [0.25, 0.3) is 0 Å². The molecule has 1 amide bonds. The third-order valence-corrected chi connectivity index (χ3v) is 4.73. The number of fused-ring (bicyclic) bond motifs is 2. The maximum Gasteiger partial charge on any atom is 0.227 e. The first kappa shape index (κ1) is 12.8. The summed E-state index contributed by atoms with van der Waals surface area (Å²) in [5.74, 6) is 2.29. The van der Waals surface area contributed by atoms with Gasteiger partial charge in [-0.3, -0.25) is 4.79 Å². The Kier molecular flexibility index (Phi) is 3.40. The molecule has 2 aliphatic rings. The molecule has 2 bridgehead atoms. The average Bonchev–Trinajstić information content (AvgIpc) is 3.01. The van der Waals surface area contributed by atoms with Gasteiger partial charge in [0.2, 0.25) is 5.91 Å². The van der Waals surface area contributed by atoms with Gasteiger partial charge in [0.1, 0.15) is 5.75 Å². The van der Waals surface area contributed by atoms with Crippen molar-refractivity contribution >= 4 is 23.2 Å². The second-order valence-electron chi connectivity index (χ2n) is 5.62. The summed E-state index contributed by atoms with van der Waals surface area (Å²) < 4.78 is 5.25. The first-order chi connectivity index (χ1) is 9.17. The molecular formula is C15H18ClNO2. The molecule has 0 spiro atoms. The number of rotatable bonds is 3. The molecular weight excluding hydrogens is 262 g/mol. The summed E-state index contributed by atoms with van der Waals surface area (Å²) in [7, 11) is 1.59. The number of halogens is 1. The van der Waals surface area contributed by atoms with Crippen LogP contribution in [0.1, 0.15) is 25.7 Å². The molecule has 3 rings (SSSR count). The first-order valence-electron chi connectivity index (χ1n) is 6.82. The maximum atomic E-state index is 12.4. The zero-order valence-electron chi connectivity index (χ0n) is 11.0. The Balaban J connectivity index is 1.74. The van der Waals surface area contributed by atoms with Gasteiger partial charge in [-0.15, -0.1) is 0 Å². The Labute approximate surface area is 118 Å². The summed E-state index contributed by atoms with van der Waals surface area (Å²) in [5.41, 5.74) is 0.669. The van der Waals surface area contributed by atoms with Crippen LogP contribution in [0.15, 0.2) is 18.2 Å². The SMILES string of the molecule is COc1ccc(Cl)cc1NC(=O)C1CC2CCC1C2. The smallest absolute Gasteiger partial charge is 0.227 e. The highest BCUT2D eigenvalue weighted by Gasteiger charge is 2.43. The van der Waals surface area contributed by atoms with Crippen molar-refractivity contribution in [1.82, 2.24) is 0 Å². The number of methoxy groups -OCH3 is 1. The van der Waals surface area contributed by atoms with Gasteiger partial charge >= 0.3 is 0 Å². The number of hydrogen-bond acceptors (Lipinski definition) is 2. The monoisotopic (exact) mass is 279 g/mol. The second kappa shape index (κ2) is 5.04. The fourth-order valence-corrected chi connectivity index (χ4v) is 3.74. The van der Waals surface area contributed by atoms with E-state index >= 15 is 0 Å². The van der Waals surface area contributed by atoms with Crippen LogP contribution < -0.4 is 10.1 Å². The fourth-order valence-electron chi connectivity index (χ4n) is 3.57. The number of ether oxygens (including phenoxy) is 1. The van der Waals surface area contributed by atoms with Gasteiger partial charge in [0.25, 0.3) is 0 Å². The Morgan fingerprint density at radius 2 is 2.21 bits per heavy atom. The molecule has 1 aromatic rings. The zero-order valence-corrected chi connectivity index (χ0v) is 11.7. The standard InChI is InChI=1S/C15H18ClNO2/c1-19-14-5-4-11(16)8-13(14)17-15(18)12-7-9-2-3-10(12)6-9/h4-5,8-10,12H,2-3,6-7H2,1H3,(H,17,18). The molecule has 0 aromatic heterocycles. The zero-order chi connectivity index (χ0) is 13.4. The molecule has 1 aromatic carbocycles. The molecule has 1 N–H and O–H groups in total. The Morgan fingerprint density at radius 3 is 2.84 bits per heavy atom. The molecule has 0 saturated heterocycles. The number of amides is 1. The van der Waals surface area contributed by atoms with E-state index in [2.05, 4.69) is 5.32 Å². The summed E-state index contributed by atoms with van der Waals surface area (Å²) in [6, 6.07) is 5.28. The molecule has 19 heavy (non-hydrogen) atoms. The van der Waals surface area contributed by atoms with Crippen molar-refractivity contribution < 1.29 is 9.53 Å². The average molecular weight is 280 g/mol. The van der Waals surface area contributed by atoms with Gasteiger partial charge in [0, 0.05) is 10.9 Å². The van der Waals surface area contributed by atoms with Crippen LogP contribution in [0, 0.1) is 17.8 Å². The minimum atomic E-state index is 0.118. The lowest BCUT2D eigenvalue weighted by atomic mass is 9.88. The van der Waals surface area contributed by atoms with Gasteiger partial charge in [0.05, 0.1) is 12.8 Å². The molecule has 3 unspecified atom stereocenters. The normalized spacial score (nSPS) is 28.4.